The third-order valence-electron chi connectivity index (χ3n) is 1.87. The molecule has 0 saturated carbocycles. The van der Waals surface area contributed by atoms with Gasteiger partial charge in [-0.3, -0.25) is 15.7 Å². The molecule has 4 nitrogen and oxygen atoms in total. The Morgan fingerprint density at radius 1 is 1.62 bits per heavy atom. The highest BCUT2D eigenvalue weighted by Gasteiger charge is 1.97. The molecule has 4 heteroatoms. The summed E-state index contributed by atoms with van der Waals surface area (Å²) in [7, 11) is 2.02. The van der Waals surface area contributed by atoms with Gasteiger partial charge in [0.25, 0.3) is 0 Å². The Labute approximate surface area is 78.7 Å². The average Bonchev–Trinajstić information content (AvgIpc) is 2.17. The molecule has 13 heavy (non-hydrogen) atoms. The van der Waals surface area contributed by atoms with Crippen LogP contribution < -0.4 is 11.3 Å². The minimum Gasteiger partial charge on any atom is -0.292 e. The number of likely N-dealkylation sites (N-methyl/N-ethyl adjacent to an activating group) is 1. The fraction of sp³-hybridized carbons (Fsp3) is 0.444. The lowest BCUT2D eigenvalue weighted by Crippen LogP contribution is -2.36. The minimum atomic E-state index is 0.709. The van der Waals surface area contributed by atoms with Crippen LogP contribution in [0.1, 0.15) is 5.56 Å². The molecule has 1 heterocycles. The van der Waals surface area contributed by atoms with Crippen LogP contribution in [0.15, 0.2) is 24.5 Å². The fourth-order valence-corrected chi connectivity index (χ4v) is 1.10. The van der Waals surface area contributed by atoms with E-state index in [0.29, 0.717) is 6.67 Å². The van der Waals surface area contributed by atoms with E-state index in [1.165, 1.54) is 5.56 Å². The van der Waals surface area contributed by atoms with Gasteiger partial charge in [0.2, 0.25) is 0 Å². The molecule has 1 rings (SSSR count). The largest absolute Gasteiger partial charge is 0.292 e. The van der Waals surface area contributed by atoms with Crippen LogP contribution in [0.25, 0.3) is 0 Å². The van der Waals surface area contributed by atoms with Crippen molar-refractivity contribution >= 4 is 0 Å². The van der Waals surface area contributed by atoms with E-state index in [9.17, 15) is 0 Å². The lowest BCUT2D eigenvalue weighted by atomic mass is 10.2. The van der Waals surface area contributed by atoms with Crippen LogP contribution in [-0.4, -0.2) is 30.1 Å². The van der Waals surface area contributed by atoms with E-state index in [0.717, 1.165) is 13.0 Å². The molecule has 0 saturated heterocycles. The number of aromatic nitrogens is 1. The maximum Gasteiger partial charge on any atom is 0.0610 e. The van der Waals surface area contributed by atoms with Gasteiger partial charge >= 0.3 is 0 Å². The molecule has 0 aliphatic heterocycles. The van der Waals surface area contributed by atoms with E-state index >= 15 is 0 Å². The topological polar surface area (TPSA) is 54.2 Å². The SMILES string of the molecule is CN(CCc1cccnc1)CNN. The van der Waals surface area contributed by atoms with Gasteiger partial charge < -0.3 is 0 Å². The summed E-state index contributed by atoms with van der Waals surface area (Å²) in [5.74, 6) is 5.19. The molecule has 72 valence electrons. The highest BCUT2D eigenvalue weighted by Crippen LogP contribution is 1.97. The Morgan fingerprint density at radius 2 is 2.46 bits per heavy atom. The number of nitrogens with two attached hydrogens (primary N) is 1. The van der Waals surface area contributed by atoms with Crippen molar-refractivity contribution in [1.29, 1.82) is 0 Å². The van der Waals surface area contributed by atoms with Crippen LogP contribution in [0, 0.1) is 0 Å². The van der Waals surface area contributed by atoms with Crippen molar-refractivity contribution < 1.29 is 0 Å². The van der Waals surface area contributed by atoms with Gasteiger partial charge in [0, 0.05) is 18.9 Å². The summed E-state index contributed by atoms with van der Waals surface area (Å²) in [6.07, 6.45) is 4.68. The average molecular weight is 180 g/mol. The van der Waals surface area contributed by atoms with Gasteiger partial charge in [0.1, 0.15) is 0 Å². The Balaban J connectivity index is 2.27. The Hall–Kier alpha value is -0.970. The molecule has 0 atom stereocenters. The van der Waals surface area contributed by atoms with Gasteiger partial charge in [-0.05, 0) is 25.1 Å². The number of nitrogens with zero attached hydrogens (tertiary/aromatic N) is 2. The molecule has 1 aromatic heterocycles. The van der Waals surface area contributed by atoms with Gasteiger partial charge in [-0.15, -0.1) is 0 Å². The normalized spacial score (nSPS) is 10.7. The molecule has 0 radical (unpaired) electrons. The Bertz CT molecular complexity index is 224. The maximum atomic E-state index is 5.19. The van der Waals surface area contributed by atoms with Crippen LogP contribution >= 0.6 is 0 Å². The highest BCUT2D eigenvalue weighted by atomic mass is 15.3. The van der Waals surface area contributed by atoms with E-state index in [1.807, 2.05) is 19.3 Å². The molecule has 3 N–H and O–H groups in total. The monoisotopic (exact) mass is 180 g/mol. The quantitative estimate of drug-likeness (QED) is 0.380. The summed E-state index contributed by atoms with van der Waals surface area (Å²) in [5.41, 5.74) is 3.87. The van der Waals surface area contributed by atoms with Crippen molar-refractivity contribution in [2.45, 2.75) is 6.42 Å². The van der Waals surface area contributed by atoms with Gasteiger partial charge in [-0.25, -0.2) is 5.43 Å². The van der Waals surface area contributed by atoms with E-state index in [4.69, 9.17) is 5.84 Å². The minimum absolute atomic E-state index is 0.709. The molecular formula is C9H16N4. The lowest BCUT2D eigenvalue weighted by Gasteiger charge is -2.14. The van der Waals surface area contributed by atoms with Crippen molar-refractivity contribution in [2.24, 2.45) is 5.84 Å². The molecule has 0 spiro atoms. The number of pyridine rings is 1. The maximum absolute atomic E-state index is 5.19. The van der Waals surface area contributed by atoms with Gasteiger partial charge in [-0.1, -0.05) is 6.07 Å². The van der Waals surface area contributed by atoms with Crippen LogP contribution in [-0.2, 0) is 6.42 Å². The second-order valence-corrected chi connectivity index (χ2v) is 3.05. The second kappa shape index (κ2) is 5.64. The first-order chi connectivity index (χ1) is 6.33. The third kappa shape index (κ3) is 3.98. The van der Waals surface area contributed by atoms with Crippen LogP contribution in [0.4, 0.5) is 0 Å². The fourth-order valence-electron chi connectivity index (χ4n) is 1.10. The number of hydrogen-bond acceptors (Lipinski definition) is 4. The molecule has 0 unspecified atom stereocenters. The van der Waals surface area contributed by atoms with Crippen molar-refractivity contribution in [1.82, 2.24) is 15.3 Å². The molecular weight excluding hydrogens is 164 g/mol. The Morgan fingerprint density at radius 3 is 3.08 bits per heavy atom. The predicted octanol–water partition coefficient (Wildman–Crippen LogP) is -0.0233. The summed E-state index contributed by atoms with van der Waals surface area (Å²) >= 11 is 0. The zero-order valence-corrected chi connectivity index (χ0v) is 7.90. The molecule has 1 aromatic rings. The molecule has 0 aromatic carbocycles. The third-order valence-corrected chi connectivity index (χ3v) is 1.87. The number of hydrogen-bond donors (Lipinski definition) is 2. The van der Waals surface area contributed by atoms with Crippen molar-refractivity contribution in [2.75, 3.05) is 20.3 Å². The number of nitrogens with one attached hydrogen (secondary N) is 1. The lowest BCUT2D eigenvalue weighted by molar-refractivity contribution is 0.312. The van der Waals surface area contributed by atoms with E-state index in [1.54, 1.807) is 6.20 Å². The summed E-state index contributed by atoms with van der Waals surface area (Å²) in [4.78, 5) is 6.17. The summed E-state index contributed by atoms with van der Waals surface area (Å²) < 4.78 is 0. The smallest absolute Gasteiger partial charge is 0.0610 e. The summed E-state index contributed by atoms with van der Waals surface area (Å²) in [6.45, 7) is 1.69. The molecule has 0 aliphatic carbocycles. The summed E-state index contributed by atoms with van der Waals surface area (Å²) in [6, 6.07) is 4.03. The first-order valence-electron chi connectivity index (χ1n) is 4.34. The highest BCUT2D eigenvalue weighted by molar-refractivity contribution is 5.08. The van der Waals surface area contributed by atoms with E-state index in [2.05, 4.69) is 21.4 Å². The van der Waals surface area contributed by atoms with Gasteiger partial charge in [-0.2, -0.15) is 0 Å². The first-order valence-corrected chi connectivity index (χ1v) is 4.34. The number of hydrazine groups is 1. The van der Waals surface area contributed by atoms with E-state index < -0.39 is 0 Å². The van der Waals surface area contributed by atoms with Gasteiger partial charge in [0.05, 0.1) is 6.67 Å². The molecule has 0 bridgehead atoms. The van der Waals surface area contributed by atoms with E-state index in [-0.39, 0.29) is 0 Å². The predicted molar refractivity (Wildman–Crippen MR) is 52.8 cm³/mol. The molecule has 0 amide bonds. The van der Waals surface area contributed by atoms with Gasteiger partial charge in [0.15, 0.2) is 0 Å². The van der Waals surface area contributed by atoms with Crippen molar-refractivity contribution in [3.8, 4) is 0 Å². The summed E-state index contributed by atoms with van der Waals surface area (Å²) in [5, 5.41) is 0. The second-order valence-electron chi connectivity index (χ2n) is 3.05. The zero-order chi connectivity index (χ0) is 9.52. The van der Waals surface area contributed by atoms with Crippen molar-refractivity contribution in [3.05, 3.63) is 30.1 Å². The zero-order valence-electron chi connectivity index (χ0n) is 7.90. The Kier molecular flexibility index (Phi) is 4.39. The molecule has 0 fully saturated rings. The van der Waals surface area contributed by atoms with Crippen molar-refractivity contribution in [3.63, 3.8) is 0 Å². The van der Waals surface area contributed by atoms with Crippen LogP contribution in [0.5, 0.6) is 0 Å². The van der Waals surface area contributed by atoms with Crippen LogP contribution in [0.3, 0.4) is 0 Å². The first kappa shape index (κ1) is 10.1. The van der Waals surface area contributed by atoms with Crippen LogP contribution in [0.2, 0.25) is 0 Å². The number of rotatable bonds is 5. The standard InChI is InChI=1S/C9H16N4/c1-13(8-12-10)6-4-9-3-2-5-11-7-9/h2-3,5,7,12H,4,6,8,10H2,1H3. The molecule has 0 aliphatic rings.